The number of hydrogen-bond donors (Lipinski definition) is 0. The van der Waals surface area contributed by atoms with Crippen molar-refractivity contribution < 1.29 is 18.3 Å². The van der Waals surface area contributed by atoms with Gasteiger partial charge in [-0.15, -0.1) is 0 Å². The highest BCUT2D eigenvalue weighted by atomic mass is 19.3. The second-order valence-electron chi connectivity index (χ2n) is 3.74. The van der Waals surface area contributed by atoms with Crippen molar-refractivity contribution in [2.24, 2.45) is 0 Å². The van der Waals surface area contributed by atoms with Crippen molar-refractivity contribution in [2.45, 2.75) is 19.8 Å². The fraction of sp³-hybridized carbons (Fsp3) is 0.333. The minimum Gasteiger partial charge on any atom is -0.466 e. The predicted octanol–water partition coefficient (Wildman–Crippen LogP) is 2.38. The molecule has 2 aromatic rings. The third-order valence-electron chi connectivity index (χ3n) is 2.41. The number of halogens is 2. The SMILES string of the molecule is CCOC(=O)Cc1cn2cc(C(F)F)ccc2n1. The van der Waals surface area contributed by atoms with E-state index in [-0.39, 0.29) is 18.0 Å². The fourth-order valence-corrected chi connectivity index (χ4v) is 1.64. The molecule has 6 heteroatoms. The summed E-state index contributed by atoms with van der Waals surface area (Å²) in [6.45, 7) is 2.03. The molecular formula is C12H12F2N2O2. The van der Waals surface area contributed by atoms with Gasteiger partial charge < -0.3 is 9.14 Å². The van der Waals surface area contributed by atoms with Gasteiger partial charge in [0.15, 0.2) is 0 Å². The molecule has 0 saturated carbocycles. The predicted molar refractivity (Wildman–Crippen MR) is 60.5 cm³/mol. The lowest BCUT2D eigenvalue weighted by atomic mass is 10.3. The summed E-state index contributed by atoms with van der Waals surface area (Å²) in [7, 11) is 0. The van der Waals surface area contributed by atoms with E-state index in [1.54, 1.807) is 13.1 Å². The summed E-state index contributed by atoms with van der Waals surface area (Å²) in [4.78, 5) is 15.4. The maximum Gasteiger partial charge on any atom is 0.311 e. The Bertz CT molecular complexity index is 566. The molecule has 2 rings (SSSR count). The van der Waals surface area contributed by atoms with E-state index in [1.807, 2.05) is 0 Å². The highest BCUT2D eigenvalue weighted by Crippen LogP contribution is 2.19. The van der Waals surface area contributed by atoms with Crippen LogP contribution in [-0.2, 0) is 16.0 Å². The Labute approximate surface area is 102 Å². The maximum atomic E-state index is 12.5. The zero-order valence-corrected chi connectivity index (χ0v) is 9.77. The lowest BCUT2D eigenvalue weighted by Gasteiger charge is -1.99. The Morgan fingerprint density at radius 1 is 1.44 bits per heavy atom. The first kappa shape index (κ1) is 12.5. The van der Waals surface area contributed by atoms with E-state index < -0.39 is 6.43 Å². The van der Waals surface area contributed by atoms with Crippen LogP contribution in [0, 0.1) is 0 Å². The van der Waals surface area contributed by atoms with Crippen LogP contribution in [0.25, 0.3) is 5.65 Å². The van der Waals surface area contributed by atoms with Crippen molar-refractivity contribution in [3.63, 3.8) is 0 Å². The van der Waals surface area contributed by atoms with Gasteiger partial charge in [0.05, 0.1) is 18.7 Å². The molecule has 18 heavy (non-hydrogen) atoms. The molecule has 2 aromatic heterocycles. The van der Waals surface area contributed by atoms with Crippen LogP contribution in [0.4, 0.5) is 8.78 Å². The van der Waals surface area contributed by atoms with Crippen LogP contribution >= 0.6 is 0 Å². The first-order valence-electron chi connectivity index (χ1n) is 5.51. The quantitative estimate of drug-likeness (QED) is 0.787. The second kappa shape index (κ2) is 5.12. The summed E-state index contributed by atoms with van der Waals surface area (Å²) < 4.78 is 31.3. The minimum absolute atomic E-state index is 0.0412. The lowest BCUT2D eigenvalue weighted by Crippen LogP contribution is -2.07. The topological polar surface area (TPSA) is 43.6 Å². The van der Waals surface area contributed by atoms with E-state index >= 15 is 0 Å². The largest absolute Gasteiger partial charge is 0.466 e. The molecule has 0 aromatic carbocycles. The van der Waals surface area contributed by atoms with Crippen molar-refractivity contribution in [2.75, 3.05) is 6.61 Å². The second-order valence-corrected chi connectivity index (χ2v) is 3.74. The van der Waals surface area contributed by atoms with Crippen LogP contribution < -0.4 is 0 Å². The van der Waals surface area contributed by atoms with E-state index in [9.17, 15) is 13.6 Å². The Balaban J connectivity index is 2.24. The van der Waals surface area contributed by atoms with Crippen molar-refractivity contribution in [1.29, 1.82) is 0 Å². The molecule has 0 spiro atoms. The molecule has 0 aliphatic heterocycles. The number of imidazole rings is 1. The van der Waals surface area contributed by atoms with Crippen LogP contribution in [0.3, 0.4) is 0 Å². The summed E-state index contributed by atoms with van der Waals surface area (Å²) in [5.41, 5.74) is 0.946. The highest BCUT2D eigenvalue weighted by Gasteiger charge is 2.11. The zero-order chi connectivity index (χ0) is 13.1. The molecule has 96 valence electrons. The van der Waals surface area contributed by atoms with Crippen LogP contribution in [-0.4, -0.2) is 22.0 Å². The molecule has 0 bridgehead atoms. The summed E-state index contributed by atoms with van der Waals surface area (Å²) in [5.74, 6) is -0.380. The van der Waals surface area contributed by atoms with Gasteiger partial charge in [0.1, 0.15) is 5.65 Å². The van der Waals surface area contributed by atoms with E-state index in [0.717, 1.165) is 0 Å². The van der Waals surface area contributed by atoms with Crippen molar-refractivity contribution >= 4 is 11.6 Å². The van der Waals surface area contributed by atoms with Gasteiger partial charge in [-0.05, 0) is 19.1 Å². The van der Waals surface area contributed by atoms with Gasteiger partial charge in [-0.3, -0.25) is 4.79 Å². The summed E-state index contributed by atoms with van der Waals surface area (Å²) in [6.07, 6.45) is 0.379. The van der Waals surface area contributed by atoms with Crippen LogP contribution in [0.5, 0.6) is 0 Å². The maximum absolute atomic E-state index is 12.5. The summed E-state index contributed by atoms with van der Waals surface area (Å²) in [6, 6.07) is 2.82. The van der Waals surface area contributed by atoms with Crippen molar-refractivity contribution in [1.82, 2.24) is 9.38 Å². The van der Waals surface area contributed by atoms with E-state index in [2.05, 4.69) is 4.98 Å². The van der Waals surface area contributed by atoms with Gasteiger partial charge in [-0.25, -0.2) is 13.8 Å². The third-order valence-corrected chi connectivity index (χ3v) is 2.41. The number of aromatic nitrogens is 2. The molecule has 0 unspecified atom stereocenters. The van der Waals surface area contributed by atoms with Gasteiger partial charge >= 0.3 is 5.97 Å². The average molecular weight is 254 g/mol. The van der Waals surface area contributed by atoms with Crippen LogP contribution in [0.2, 0.25) is 0 Å². The van der Waals surface area contributed by atoms with Gasteiger partial charge in [0.2, 0.25) is 0 Å². The monoisotopic (exact) mass is 254 g/mol. The number of rotatable bonds is 4. The normalized spacial score (nSPS) is 11.1. The zero-order valence-electron chi connectivity index (χ0n) is 9.77. The number of carbonyl (C=O) groups is 1. The fourth-order valence-electron chi connectivity index (χ4n) is 1.64. The molecule has 0 atom stereocenters. The van der Waals surface area contributed by atoms with Gasteiger partial charge in [-0.2, -0.15) is 0 Å². The van der Waals surface area contributed by atoms with E-state index in [4.69, 9.17) is 4.74 Å². The molecule has 2 heterocycles. The lowest BCUT2D eigenvalue weighted by molar-refractivity contribution is -0.142. The number of nitrogens with zero attached hydrogens (tertiary/aromatic N) is 2. The molecule has 4 nitrogen and oxygen atoms in total. The molecule has 0 aliphatic carbocycles. The van der Waals surface area contributed by atoms with Crippen molar-refractivity contribution in [3.8, 4) is 0 Å². The number of pyridine rings is 1. The Hall–Kier alpha value is -1.98. The minimum atomic E-state index is -2.52. The average Bonchev–Trinajstić information content (AvgIpc) is 2.69. The number of ether oxygens (including phenoxy) is 1. The summed E-state index contributed by atoms with van der Waals surface area (Å²) in [5, 5.41) is 0. The van der Waals surface area contributed by atoms with Crippen molar-refractivity contribution in [3.05, 3.63) is 35.8 Å². The molecule has 0 amide bonds. The Morgan fingerprint density at radius 3 is 2.89 bits per heavy atom. The standard InChI is InChI=1S/C12H12F2N2O2/c1-2-18-11(17)5-9-7-16-6-8(12(13)14)3-4-10(16)15-9/h3-4,6-7,12H,2,5H2,1H3. The number of carbonyl (C=O) groups excluding carboxylic acids is 1. The molecule has 0 N–H and O–H groups in total. The molecule has 0 saturated heterocycles. The Morgan fingerprint density at radius 2 is 2.22 bits per heavy atom. The van der Waals surface area contributed by atoms with Gasteiger partial charge in [0, 0.05) is 18.0 Å². The molecule has 0 aliphatic rings. The molecule has 0 fully saturated rings. The Kier molecular flexibility index (Phi) is 3.55. The van der Waals surface area contributed by atoms with E-state index in [0.29, 0.717) is 17.9 Å². The summed E-state index contributed by atoms with van der Waals surface area (Å²) >= 11 is 0. The number of hydrogen-bond acceptors (Lipinski definition) is 3. The third kappa shape index (κ3) is 2.64. The number of esters is 1. The van der Waals surface area contributed by atoms with E-state index in [1.165, 1.54) is 22.7 Å². The molecular weight excluding hydrogens is 242 g/mol. The molecule has 0 radical (unpaired) electrons. The highest BCUT2D eigenvalue weighted by molar-refractivity contribution is 5.72. The van der Waals surface area contributed by atoms with Crippen LogP contribution in [0.1, 0.15) is 24.6 Å². The van der Waals surface area contributed by atoms with Crippen LogP contribution in [0.15, 0.2) is 24.5 Å². The smallest absolute Gasteiger partial charge is 0.311 e. The van der Waals surface area contributed by atoms with Gasteiger partial charge in [-0.1, -0.05) is 0 Å². The first-order chi connectivity index (χ1) is 8.60. The number of fused-ring (bicyclic) bond motifs is 1. The number of alkyl halides is 2. The first-order valence-corrected chi connectivity index (χ1v) is 5.51. The van der Waals surface area contributed by atoms with Gasteiger partial charge in [0.25, 0.3) is 6.43 Å².